The Balaban J connectivity index is 1.46. The second kappa shape index (κ2) is 7.20. The van der Waals surface area contributed by atoms with E-state index >= 15 is 0 Å². The molecule has 0 radical (unpaired) electrons. The lowest BCUT2D eigenvalue weighted by atomic mass is 9.94. The molecule has 0 N–H and O–H groups in total. The molecule has 1 aromatic heterocycles. The first-order valence-corrected chi connectivity index (χ1v) is 9.62. The highest BCUT2D eigenvalue weighted by Gasteiger charge is 2.26. The van der Waals surface area contributed by atoms with E-state index < -0.39 is 0 Å². The van der Waals surface area contributed by atoms with Crippen LogP contribution in [0.2, 0.25) is 0 Å². The summed E-state index contributed by atoms with van der Waals surface area (Å²) in [6.07, 6.45) is 7.27. The zero-order valence-electron chi connectivity index (χ0n) is 15.7. The molecule has 0 fully saturated rings. The Bertz CT molecular complexity index is 817. The minimum absolute atomic E-state index is 0.0816. The summed E-state index contributed by atoms with van der Waals surface area (Å²) in [4.78, 5) is 21.7. The summed E-state index contributed by atoms with van der Waals surface area (Å²) in [5.74, 6) is 0.0816. The van der Waals surface area contributed by atoms with Crippen LogP contribution >= 0.6 is 0 Å². The largest absolute Gasteiger partial charge is 0.340 e. The van der Waals surface area contributed by atoms with E-state index in [1.165, 1.54) is 35.2 Å². The van der Waals surface area contributed by atoms with Gasteiger partial charge in [0.1, 0.15) is 0 Å². The van der Waals surface area contributed by atoms with E-state index in [9.17, 15) is 4.79 Å². The third kappa shape index (κ3) is 3.38. The van der Waals surface area contributed by atoms with Crippen molar-refractivity contribution in [1.29, 1.82) is 0 Å². The fraction of sp³-hybridized carbons (Fsp3) is 0.455. The molecular formula is C22H27N3O. The van der Waals surface area contributed by atoms with E-state index in [2.05, 4.69) is 47.3 Å². The van der Waals surface area contributed by atoms with Crippen LogP contribution in [-0.2, 0) is 25.8 Å². The van der Waals surface area contributed by atoms with Gasteiger partial charge in [-0.15, -0.1) is 0 Å². The van der Waals surface area contributed by atoms with Crippen molar-refractivity contribution in [2.45, 2.75) is 44.7 Å². The minimum atomic E-state index is 0.0816. The molecule has 136 valence electrons. The Hall–Kier alpha value is -2.20. The number of fused-ring (bicyclic) bond motifs is 2. The standard InChI is InChI=1S/C22H27N3O/c1-24-14-18-9-4-3-7-16(18)12-20(24)15-25(2)22(26)19-11-17-8-5-6-10-21(17)23-13-19/h3-4,7,9,11,13,20H,5-6,8,10,12,14-15H2,1-2H3/t20-/m0/s1. The van der Waals surface area contributed by atoms with Gasteiger partial charge in [0.15, 0.2) is 0 Å². The number of amides is 1. The Morgan fingerprint density at radius 1 is 1.19 bits per heavy atom. The van der Waals surface area contributed by atoms with Crippen molar-refractivity contribution in [2.75, 3.05) is 20.6 Å². The number of nitrogens with zero attached hydrogens (tertiary/aromatic N) is 3. The van der Waals surface area contributed by atoms with E-state index in [4.69, 9.17) is 0 Å². The van der Waals surface area contributed by atoms with Gasteiger partial charge in [-0.3, -0.25) is 14.7 Å². The van der Waals surface area contributed by atoms with E-state index in [0.717, 1.165) is 37.9 Å². The van der Waals surface area contributed by atoms with Gasteiger partial charge >= 0.3 is 0 Å². The van der Waals surface area contributed by atoms with E-state index in [0.29, 0.717) is 6.04 Å². The summed E-state index contributed by atoms with van der Waals surface area (Å²) in [7, 11) is 4.06. The molecule has 0 saturated carbocycles. The van der Waals surface area contributed by atoms with Gasteiger partial charge in [0, 0.05) is 38.1 Å². The highest BCUT2D eigenvalue weighted by atomic mass is 16.2. The van der Waals surface area contributed by atoms with Gasteiger partial charge in [0.05, 0.1) is 5.56 Å². The minimum Gasteiger partial charge on any atom is -0.340 e. The van der Waals surface area contributed by atoms with Crippen LogP contribution in [-0.4, -0.2) is 47.4 Å². The number of rotatable bonds is 3. The fourth-order valence-corrected chi connectivity index (χ4v) is 4.25. The summed E-state index contributed by atoms with van der Waals surface area (Å²) in [5, 5.41) is 0. The van der Waals surface area contributed by atoms with Gasteiger partial charge < -0.3 is 4.90 Å². The van der Waals surface area contributed by atoms with Crippen molar-refractivity contribution < 1.29 is 4.79 Å². The first-order valence-electron chi connectivity index (χ1n) is 9.62. The van der Waals surface area contributed by atoms with Crippen molar-refractivity contribution in [3.8, 4) is 0 Å². The van der Waals surface area contributed by atoms with Crippen molar-refractivity contribution in [3.63, 3.8) is 0 Å². The molecule has 0 spiro atoms. The van der Waals surface area contributed by atoms with E-state index in [-0.39, 0.29) is 5.91 Å². The number of likely N-dealkylation sites (N-methyl/N-ethyl adjacent to an activating group) is 2. The fourth-order valence-electron chi connectivity index (χ4n) is 4.25. The van der Waals surface area contributed by atoms with Crippen molar-refractivity contribution in [2.24, 2.45) is 0 Å². The van der Waals surface area contributed by atoms with Crippen molar-refractivity contribution >= 4 is 5.91 Å². The van der Waals surface area contributed by atoms with Crippen LogP contribution in [0.25, 0.3) is 0 Å². The number of pyridine rings is 1. The lowest BCUT2D eigenvalue weighted by Crippen LogP contribution is -2.46. The highest BCUT2D eigenvalue weighted by molar-refractivity contribution is 5.94. The first kappa shape index (κ1) is 17.2. The number of aromatic nitrogens is 1. The van der Waals surface area contributed by atoms with Gasteiger partial charge in [-0.25, -0.2) is 0 Å². The zero-order valence-corrected chi connectivity index (χ0v) is 15.7. The lowest BCUT2D eigenvalue weighted by Gasteiger charge is -2.36. The molecule has 1 atom stereocenters. The number of aryl methyl sites for hydroxylation is 2. The topological polar surface area (TPSA) is 36.4 Å². The van der Waals surface area contributed by atoms with E-state index in [1.54, 1.807) is 6.20 Å². The molecule has 4 nitrogen and oxygen atoms in total. The molecular weight excluding hydrogens is 322 g/mol. The predicted octanol–water partition coefficient (Wildman–Crippen LogP) is 3.09. The molecule has 0 saturated heterocycles. The quantitative estimate of drug-likeness (QED) is 0.854. The number of hydrogen-bond donors (Lipinski definition) is 0. The molecule has 1 aliphatic carbocycles. The number of hydrogen-bond acceptors (Lipinski definition) is 3. The molecule has 1 aromatic carbocycles. The third-order valence-electron chi connectivity index (χ3n) is 5.86. The van der Waals surface area contributed by atoms with Crippen LogP contribution in [0.3, 0.4) is 0 Å². The lowest BCUT2D eigenvalue weighted by molar-refractivity contribution is 0.0733. The van der Waals surface area contributed by atoms with Gasteiger partial charge in [-0.2, -0.15) is 0 Å². The second-order valence-electron chi connectivity index (χ2n) is 7.76. The van der Waals surface area contributed by atoms with Crippen molar-refractivity contribution in [1.82, 2.24) is 14.8 Å². The van der Waals surface area contributed by atoms with Crippen LogP contribution in [0, 0.1) is 0 Å². The Morgan fingerprint density at radius 2 is 1.96 bits per heavy atom. The average molecular weight is 349 g/mol. The monoisotopic (exact) mass is 349 g/mol. The normalized spacial score (nSPS) is 19.5. The van der Waals surface area contributed by atoms with Crippen LogP contribution in [0.5, 0.6) is 0 Å². The summed E-state index contributed by atoms with van der Waals surface area (Å²) in [6.45, 7) is 1.68. The maximum absolute atomic E-state index is 12.9. The first-order chi connectivity index (χ1) is 12.6. The number of carbonyl (C=O) groups excluding carboxylic acids is 1. The van der Waals surface area contributed by atoms with Gasteiger partial charge in [0.25, 0.3) is 5.91 Å². The zero-order chi connectivity index (χ0) is 18.1. The van der Waals surface area contributed by atoms with Gasteiger partial charge in [-0.1, -0.05) is 24.3 Å². The Morgan fingerprint density at radius 3 is 2.81 bits per heavy atom. The number of benzene rings is 1. The molecule has 4 heteroatoms. The van der Waals surface area contributed by atoms with Crippen molar-refractivity contribution in [3.05, 3.63) is 64.5 Å². The van der Waals surface area contributed by atoms with Crippen LogP contribution < -0.4 is 0 Å². The Kier molecular flexibility index (Phi) is 4.77. The van der Waals surface area contributed by atoms with Crippen LogP contribution in [0.4, 0.5) is 0 Å². The summed E-state index contributed by atoms with van der Waals surface area (Å²) >= 11 is 0. The SMILES string of the molecule is CN(C[C@@H]1Cc2ccccc2CN1C)C(=O)c1cnc2c(c1)CCCC2. The predicted molar refractivity (Wildman–Crippen MR) is 103 cm³/mol. The molecule has 2 aromatic rings. The summed E-state index contributed by atoms with van der Waals surface area (Å²) in [6, 6.07) is 11.0. The molecule has 1 amide bonds. The molecule has 1 aliphatic heterocycles. The van der Waals surface area contributed by atoms with Gasteiger partial charge in [0.2, 0.25) is 0 Å². The van der Waals surface area contributed by atoms with Gasteiger partial charge in [-0.05, 0) is 61.9 Å². The summed E-state index contributed by atoms with van der Waals surface area (Å²) < 4.78 is 0. The molecule has 0 unspecified atom stereocenters. The van der Waals surface area contributed by atoms with E-state index in [1.807, 2.05) is 11.9 Å². The van der Waals surface area contributed by atoms with Crippen LogP contribution in [0.15, 0.2) is 36.5 Å². The average Bonchev–Trinajstić information content (AvgIpc) is 2.67. The Labute approximate surface area is 155 Å². The second-order valence-corrected chi connectivity index (χ2v) is 7.76. The maximum Gasteiger partial charge on any atom is 0.255 e. The molecule has 2 heterocycles. The highest BCUT2D eigenvalue weighted by Crippen LogP contribution is 2.23. The summed E-state index contributed by atoms with van der Waals surface area (Å²) in [5.41, 5.74) is 5.98. The maximum atomic E-state index is 12.9. The van der Waals surface area contributed by atoms with Crippen LogP contribution in [0.1, 0.15) is 45.6 Å². The third-order valence-corrected chi connectivity index (χ3v) is 5.86. The molecule has 2 aliphatic rings. The smallest absolute Gasteiger partial charge is 0.255 e. The molecule has 26 heavy (non-hydrogen) atoms. The molecule has 0 bridgehead atoms. The molecule has 4 rings (SSSR count). The number of carbonyl (C=O) groups is 1.